The molecule has 21 heavy (non-hydrogen) atoms. The maximum absolute atomic E-state index is 14.4. The number of alkyl halides is 1. The zero-order valence-electron chi connectivity index (χ0n) is 11.7. The molecular formula is C14H13BrClFN4. The van der Waals surface area contributed by atoms with Crippen LogP contribution in [0.1, 0.15) is 23.8 Å². The van der Waals surface area contributed by atoms with Crippen LogP contribution in [0.5, 0.6) is 0 Å². The van der Waals surface area contributed by atoms with Gasteiger partial charge in [-0.15, -0.1) is 11.6 Å². The Bertz CT molecular complexity index is 837. The SMILES string of the molecule is Cc1nn(C)c2c1nc(C(C)Cl)n2-c1ccc(Br)cc1F. The van der Waals surface area contributed by atoms with Crippen molar-refractivity contribution in [2.75, 3.05) is 0 Å². The van der Waals surface area contributed by atoms with E-state index in [9.17, 15) is 4.39 Å². The van der Waals surface area contributed by atoms with E-state index in [0.29, 0.717) is 16.0 Å². The first-order valence-corrected chi connectivity index (χ1v) is 7.64. The van der Waals surface area contributed by atoms with Crippen molar-refractivity contribution in [3.05, 3.63) is 40.0 Å². The Morgan fingerprint density at radius 1 is 1.38 bits per heavy atom. The largest absolute Gasteiger partial charge is 0.277 e. The van der Waals surface area contributed by atoms with E-state index < -0.39 is 0 Å². The van der Waals surface area contributed by atoms with Gasteiger partial charge in [0.05, 0.1) is 16.8 Å². The Kier molecular flexibility index (Phi) is 3.53. The van der Waals surface area contributed by atoms with Crippen molar-refractivity contribution < 1.29 is 4.39 Å². The summed E-state index contributed by atoms with van der Waals surface area (Å²) >= 11 is 9.50. The Labute approximate surface area is 134 Å². The van der Waals surface area contributed by atoms with Crippen molar-refractivity contribution in [1.29, 1.82) is 0 Å². The summed E-state index contributed by atoms with van der Waals surface area (Å²) in [6, 6.07) is 4.91. The highest BCUT2D eigenvalue weighted by atomic mass is 79.9. The molecule has 1 unspecified atom stereocenters. The average Bonchev–Trinajstić information content (AvgIpc) is 2.90. The van der Waals surface area contributed by atoms with Gasteiger partial charge in [-0.05, 0) is 32.0 Å². The van der Waals surface area contributed by atoms with Gasteiger partial charge >= 0.3 is 0 Å². The fourth-order valence-electron chi connectivity index (χ4n) is 2.46. The monoisotopic (exact) mass is 370 g/mol. The molecule has 110 valence electrons. The zero-order chi connectivity index (χ0) is 15.3. The van der Waals surface area contributed by atoms with E-state index in [1.54, 1.807) is 21.4 Å². The molecule has 1 atom stereocenters. The van der Waals surface area contributed by atoms with Crippen LogP contribution in [0.25, 0.3) is 16.9 Å². The lowest BCUT2D eigenvalue weighted by Gasteiger charge is -2.12. The van der Waals surface area contributed by atoms with Crippen LogP contribution in [0.2, 0.25) is 0 Å². The van der Waals surface area contributed by atoms with Gasteiger partial charge in [-0.3, -0.25) is 4.57 Å². The Balaban J connectivity index is 2.41. The number of fused-ring (bicyclic) bond motifs is 1. The first-order chi connectivity index (χ1) is 9.90. The molecule has 0 fully saturated rings. The molecular weight excluding hydrogens is 359 g/mol. The molecule has 0 aliphatic rings. The number of aromatic nitrogens is 4. The van der Waals surface area contributed by atoms with E-state index in [2.05, 4.69) is 26.0 Å². The van der Waals surface area contributed by atoms with E-state index >= 15 is 0 Å². The fourth-order valence-corrected chi connectivity index (χ4v) is 2.94. The molecule has 0 spiro atoms. The standard InChI is InChI=1S/C14H13BrClFN4/c1-7(16)13-18-12-8(2)19-20(3)14(12)21(13)11-5-4-9(15)6-10(11)17/h4-7H,1-3H3. The van der Waals surface area contributed by atoms with Gasteiger partial charge in [-0.25, -0.2) is 14.1 Å². The summed E-state index contributed by atoms with van der Waals surface area (Å²) in [6.07, 6.45) is 0. The molecule has 0 amide bonds. The molecule has 0 saturated heterocycles. The zero-order valence-corrected chi connectivity index (χ0v) is 14.1. The smallest absolute Gasteiger partial charge is 0.163 e. The van der Waals surface area contributed by atoms with E-state index in [1.165, 1.54) is 6.07 Å². The van der Waals surface area contributed by atoms with Crippen LogP contribution in [0.3, 0.4) is 0 Å². The Morgan fingerprint density at radius 2 is 2.10 bits per heavy atom. The van der Waals surface area contributed by atoms with Crippen molar-refractivity contribution in [3.8, 4) is 5.69 Å². The lowest BCUT2D eigenvalue weighted by atomic mass is 10.3. The van der Waals surface area contributed by atoms with Crippen LogP contribution in [-0.4, -0.2) is 19.3 Å². The molecule has 0 radical (unpaired) electrons. The maximum Gasteiger partial charge on any atom is 0.163 e. The van der Waals surface area contributed by atoms with Gasteiger partial charge in [0.2, 0.25) is 0 Å². The predicted octanol–water partition coefficient (Wildman–Crippen LogP) is 4.27. The first-order valence-electron chi connectivity index (χ1n) is 6.41. The topological polar surface area (TPSA) is 35.6 Å². The lowest BCUT2D eigenvalue weighted by Crippen LogP contribution is -2.07. The van der Waals surface area contributed by atoms with E-state index in [0.717, 1.165) is 16.9 Å². The third kappa shape index (κ3) is 2.26. The van der Waals surface area contributed by atoms with Gasteiger partial charge < -0.3 is 0 Å². The molecule has 0 aliphatic heterocycles. The van der Waals surface area contributed by atoms with Crippen LogP contribution >= 0.6 is 27.5 Å². The van der Waals surface area contributed by atoms with E-state index in [4.69, 9.17) is 11.6 Å². The number of hydrogen-bond acceptors (Lipinski definition) is 2. The summed E-state index contributed by atoms with van der Waals surface area (Å²) in [4.78, 5) is 4.54. The highest BCUT2D eigenvalue weighted by Gasteiger charge is 2.22. The van der Waals surface area contributed by atoms with Gasteiger partial charge in [0.1, 0.15) is 17.2 Å². The number of hydrogen-bond donors (Lipinski definition) is 0. The first kappa shape index (κ1) is 14.5. The summed E-state index contributed by atoms with van der Waals surface area (Å²) < 4.78 is 18.5. The summed E-state index contributed by atoms with van der Waals surface area (Å²) in [5.41, 5.74) is 2.67. The predicted molar refractivity (Wildman–Crippen MR) is 84.5 cm³/mol. The third-order valence-corrected chi connectivity index (χ3v) is 4.02. The number of nitrogens with zero attached hydrogens (tertiary/aromatic N) is 4. The van der Waals surface area contributed by atoms with Crippen LogP contribution < -0.4 is 0 Å². The second kappa shape index (κ2) is 5.10. The van der Waals surface area contributed by atoms with Gasteiger partial charge in [-0.2, -0.15) is 5.10 Å². The number of aryl methyl sites for hydroxylation is 2. The van der Waals surface area contributed by atoms with E-state index in [-0.39, 0.29) is 11.2 Å². The fraction of sp³-hybridized carbons (Fsp3) is 0.286. The van der Waals surface area contributed by atoms with Crippen LogP contribution in [0.15, 0.2) is 22.7 Å². The summed E-state index contributed by atoms with van der Waals surface area (Å²) in [6.45, 7) is 3.69. The Hall–Kier alpha value is -1.40. The van der Waals surface area contributed by atoms with E-state index in [1.807, 2.05) is 20.9 Å². The van der Waals surface area contributed by atoms with Crippen molar-refractivity contribution >= 4 is 38.7 Å². The summed E-state index contributed by atoms with van der Waals surface area (Å²) in [5, 5.41) is 4.00. The average molecular weight is 372 g/mol. The Morgan fingerprint density at radius 3 is 2.71 bits per heavy atom. The van der Waals surface area contributed by atoms with Crippen molar-refractivity contribution in [1.82, 2.24) is 19.3 Å². The highest BCUT2D eigenvalue weighted by Crippen LogP contribution is 2.31. The minimum absolute atomic E-state index is 0.346. The number of rotatable bonds is 2. The second-order valence-corrected chi connectivity index (χ2v) is 6.47. The molecule has 0 aliphatic carbocycles. The van der Waals surface area contributed by atoms with Gasteiger partial charge in [0, 0.05) is 11.5 Å². The quantitative estimate of drug-likeness (QED) is 0.631. The molecule has 3 rings (SSSR count). The summed E-state index contributed by atoms with van der Waals surface area (Å²) in [7, 11) is 1.81. The van der Waals surface area contributed by atoms with Crippen molar-refractivity contribution in [2.24, 2.45) is 7.05 Å². The van der Waals surface area contributed by atoms with Crippen molar-refractivity contribution in [2.45, 2.75) is 19.2 Å². The molecule has 4 nitrogen and oxygen atoms in total. The van der Waals surface area contributed by atoms with Crippen LogP contribution in [-0.2, 0) is 7.05 Å². The van der Waals surface area contributed by atoms with Crippen LogP contribution in [0.4, 0.5) is 4.39 Å². The number of benzene rings is 1. The minimum atomic E-state index is -0.347. The normalized spacial score (nSPS) is 13.0. The molecule has 2 heterocycles. The van der Waals surface area contributed by atoms with Gasteiger partial charge in [0.25, 0.3) is 0 Å². The minimum Gasteiger partial charge on any atom is -0.277 e. The molecule has 3 aromatic rings. The molecule has 2 aromatic heterocycles. The molecule has 1 aromatic carbocycles. The third-order valence-electron chi connectivity index (χ3n) is 3.33. The van der Waals surface area contributed by atoms with Gasteiger partial charge in [-0.1, -0.05) is 15.9 Å². The van der Waals surface area contributed by atoms with Gasteiger partial charge in [0.15, 0.2) is 5.65 Å². The number of halogens is 3. The number of imidazole rings is 1. The second-order valence-electron chi connectivity index (χ2n) is 4.90. The summed E-state index contributed by atoms with van der Waals surface area (Å²) in [5.74, 6) is 0.255. The molecule has 0 N–H and O–H groups in total. The van der Waals surface area contributed by atoms with Crippen LogP contribution in [0, 0.1) is 12.7 Å². The molecule has 7 heteroatoms. The molecule has 0 bridgehead atoms. The molecule has 0 saturated carbocycles. The lowest BCUT2D eigenvalue weighted by molar-refractivity contribution is 0.613. The van der Waals surface area contributed by atoms with Crippen molar-refractivity contribution in [3.63, 3.8) is 0 Å². The maximum atomic E-state index is 14.4. The highest BCUT2D eigenvalue weighted by molar-refractivity contribution is 9.10.